The van der Waals surface area contributed by atoms with E-state index < -0.39 is 15.6 Å². The fraction of sp³-hybridized carbons (Fsp3) is 0.600. The number of rotatable bonds is 3. The maximum Gasteiger partial charge on any atom is 0.244 e. The van der Waals surface area contributed by atoms with Gasteiger partial charge in [0.2, 0.25) is 15.3 Å². The Balaban J connectivity index is 2.25. The van der Waals surface area contributed by atoms with E-state index in [4.69, 9.17) is 16.3 Å². The molecule has 1 aromatic heterocycles. The Labute approximate surface area is 111 Å². The summed E-state index contributed by atoms with van der Waals surface area (Å²) in [5, 5.41) is 0.0118. The van der Waals surface area contributed by atoms with Gasteiger partial charge in [0.25, 0.3) is 0 Å². The van der Waals surface area contributed by atoms with E-state index in [1.54, 1.807) is 0 Å². The number of ether oxygens (including phenoxy) is 1. The lowest BCUT2D eigenvalue weighted by atomic mass is 9.97. The minimum Gasteiger partial charge on any atom is -0.376 e. The van der Waals surface area contributed by atoms with Crippen molar-refractivity contribution in [3.63, 3.8) is 0 Å². The van der Waals surface area contributed by atoms with Gasteiger partial charge in [-0.2, -0.15) is 0 Å². The number of halogens is 1. The molecule has 6 nitrogen and oxygen atoms in total. The van der Waals surface area contributed by atoms with Crippen LogP contribution in [0.15, 0.2) is 17.3 Å². The van der Waals surface area contributed by atoms with Crippen molar-refractivity contribution in [2.24, 2.45) is 0 Å². The van der Waals surface area contributed by atoms with Crippen LogP contribution in [0, 0.1) is 0 Å². The SMILES string of the molecule is CC1OCCC1(C)NS(=O)(=O)c1cnc(Cl)nc1. The Morgan fingerprint density at radius 2 is 2.11 bits per heavy atom. The third-order valence-electron chi connectivity index (χ3n) is 3.16. The predicted molar refractivity (Wildman–Crippen MR) is 65.8 cm³/mol. The lowest BCUT2D eigenvalue weighted by Gasteiger charge is -2.28. The van der Waals surface area contributed by atoms with Crippen molar-refractivity contribution in [2.75, 3.05) is 6.61 Å². The molecule has 1 saturated heterocycles. The van der Waals surface area contributed by atoms with E-state index in [0.717, 1.165) is 0 Å². The third-order valence-corrected chi connectivity index (χ3v) is 4.92. The van der Waals surface area contributed by atoms with E-state index >= 15 is 0 Å². The van der Waals surface area contributed by atoms with E-state index in [1.165, 1.54) is 12.4 Å². The van der Waals surface area contributed by atoms with Gasteiger partial charge in [0, 0.05) is 6.61 Å². The summed E-state index contributed by atoms with van der Waals surface area (Å²) in [4.78, 5) is 7.32. The molecule has 2 unspecified atom stereocenters. The van der Waals surface area contributed by atoms with Crippen LogP contribution in [0.25, 0.3) is 0 Å². The molecule has 0 bridgehead atoms. The second-order valence-corrected chi connectivity index (χ2v) is 6.49. The molecule has 0 aromatic carbocycles. The Hall–Kier alpha value is -0.760. The predicted octanol–water partition coefficient (Wildman–Crippen LogP) is 0.976. The molecule has 0 spiro atoms. The van der Waals surface area contributed by atoms with Crippen LogP contribution in [-0.2, 0) is 14.8 Å². The quantitative estimate of drug-likeness (QED) is 0.840. The first-order valence-corrected chi connectivity index (χ1v) is 7.33. The molecule has 1 aliphatic rings. The minimum absolute atomic E-state index is 0.00720. The maximum atomic E-state index is 12.2. The zero-order valence-corrected chi connectivity index (χ0v) is 11.6. The van der Waals surface area contributed by atoms with Crippen LogP contribution in [-0.4, -0.2) is 36.6 Å². The van der Waals surface area contributed by atoms with E-state index in [2.05, 4.69) is 14.7 Å². The number of aromatic nitrogens is 2. The number of sulfonamides is 1. The monoisotopic (exact) mass is 291 g/mol. The van der Waals surface area contributed by atoms with Crippen LogP contribution < -0.4 is 4.72 Å². The van der Waals surface area contributed by atoms with Gasteiger partial charge in [0.15, 0.2) is 0 Å². The molecule has 2 rings (SSSR count). The second-order valence-electron chi connectivity index (χ2n) is 4.47. The fourth-order valence-corrected chi connectivity index (χ4v) is 3.25. The van der Waals surface area contributed by atoms with Gasteiger partial charge >= 0.3 is 0 Å². The summed E-state index contributed by atoms with van der Waals surface area (Å²) >= 11 is 5.53. The summed E-state index contributed by atoms with van der Waals surface area (Å²) in [6.07, 6.45) is 2.81. The molecule has 2 heterocycles. The lowest BCUT2D eigenvalue weighted by molar-refractivity contribution is 0.0957. The second kappa shape index (κ2) is 4.73. The molecule has 0 saturated carbocycles. The smallest absolute Gasteiger partial charge is 0.244 e. The Morgan fingerprint density at radius 3 is 2.61 bits per heavy atom. The molecule has 1 aliphatic heterocycles. The van der Waals surface area contributed by atoms with Gasteiger partial charge in [0.1, 0.15) is 4.90 Å². The molecule has 1 fully saturated rings. The molecule has 18 heavy (non-hydrogen) atoms. The van der Waals surface area contributed by atoms with Crippen LogP contribution in [0.5, 0.6) is 0 Å². The van der Waals surface area contributed by atoms with Crippen molar-refractivity contribution in [1.29, 1.82) is 0 Å². The van der Waals surface area contributed by atoms with Crippen molar-refractivity contribution in [3.8, 4) is 0 Å². The summed E-state index contributed by atoms with van der Waals surface area (Å²) in [5.41, 5.74) is -0.613. The summed E-state index contributed by atoms with van der Waals surface area (Å²) in [7, 11) is -3.67. The van der Waals surface area contributed by atoms with E-state index in [9.17, 15) is 8.42 Å². The molecule has 100 valence electrons. The van der Waals surface area contributed by atoms with E-state index in [1.807, 2.05) is 13.8 Å². The third kappa shape index (κ3) is 2.64. The molecule has 0 amide bonds. The highest BCUT2D eigenvalue weighted by Crippen LogP contribution is 2.27. The fourth-order valence-electron chi connectivity index (χ4n) is 1.77. The zero-order chi connectivity index (χ0) is 13.4. The summed E-state index contributed by atoms with van der Waals surface area (Å²) in [5.74, 6) is 0. The van der Waals surface area contributed by atoms with Gasteiger partial charge in [-0.05, 0) is 31.9 Å². The van der Waals surface area contributed by atoms with Crippen molar-refractivity contribution in [1.82, 2.24) is 14.7 Å². The van der Waals surface area contributed by atoms with E-state index in [0.29, 0.717) is 13.0 Å². The van der Waals surface area contributed by atoms with Crippen LogP contribution in [0.4, 0.5) is 0 Å². The van der Waals surface area contributed by atoms with Gasteiger partial charge in [-0.1, -0.05) is 0 Å². The molecule has 8 heteroatoms. The number of nitrogens with one attached hydrogen (secondary N) is 1. The molecule has 2 atom stereocenters. The minimum atomic E-state index is -3.67. The maximum absolute atomic E-state index is 12.2. The highest BCUT2D eigenvalue weighted by atomic mass is 35.5. The van der Waals surface area contributed by atoms with Gasteiger partial charge in [-0.25, -0.2) is 23.1 Å². The first-order valence-electron chi connectivity index (χ1n) is 5.47. The first kappa shape index (κ1) is 13.7. The normalized spacial score (nSPS) is 28.5. The molecular weight excluding hydrogens is 278 g/mol. The Bertz CT molecular complexity index is 534. The largest absolute Gasteiger partial charge is 0.376 e. The van der Waals surface area contributed by atoms with Crippen molar-refractivity contribution >= 4 is 21.6 Å². The summed E-state index contributed by atoms with van der Waals surface area (Å²) in [6, 6.07) is 0. The van der Waals surface area contributed by atoms with Crippen molar-refractivity contribution < 1.29 is 13.2 Å². The van der Waals surface area contributed by atoms with E-state index in [-0.39, 0.29) is 16.3 Å². The van der Waals surface area contributed by atoms with Crippen LogP contribution >= 0.6 is 11.6 Å². The average molecular weight is 292 g/mol. The molecular formula is C10H14ClN3O3S. The van der Waals surface area contributed by atoms with Crippen LogP contribution in [0.3, 0.4) is 0 Å². The molecule has 1 aromatic rings. The molecule has 1 N–H and O–H groups in total. The van der Waals surface area contributed by atoms with Gasteiger partial charge in [0.05, 0.1) is 24.0 Å². The topological polar surface area (TPSA) is 81.2 Å². The summed E-state index contributed by atoms with van der Waals surface area (Å²) < 4.78 is 32.4. The van der Waals surface area contributed by atoms with Gasteiger partial charge in [-0.15, -0.1) is 0 Å². The van der Waals surface area contributed by atoms with Crippen LogP contribution in [0.2, 0.25) is 5.28 Å². The first-order chi connectivity index (χ1) is 8.33. The standard InChI is InChI=1S/C10H14ClN3O3S/c1-7-10(2,3-4-17-7)14-18(15,16)8-5-12-9(11)13-6-8/h5-7,14H,3-4H2,1-2H3. The van der Waals surface area contributed by atoms with Crippen LogP contribution in [0.1, 0.15) is 20.3 Å². The van der Waals surface area contributed by atoms with Crippen molar-refractivity contribution in [3.05, 3.63) is 17.7 Å². The Morgan fingerprint density at radius 1 is 1.50 bits per heavy atom. The zero-order valence-electron chi connectivity index (χ0n) is 10.1. The highest BCUT2D eigenvalue weighted by molar-refractivity contribution is 7.89. The van der Waals surface area contributed by atoms with Crippen molar-refractivity contribution in [2.45, 2.75) is 36.8 Å². The molecule has 0 radical (unpaired) electrons. The Kier molecular flexibility index (Phi) is 3.59. The lowest BCUT2D eigenvalue weighted by Crippen LogP contribution is -2.50. The van der Waals surface area contributed by atoms with Gasteiger partial charge < -0.3 is 4.74 Å². The average Bonchev–Trinajstić information content (AvgIpc) is 2.58. The summed E-state index contributed by atoms with van der Waals surface area (Å²) in [6.45, 7) is 4.20. The van der Waals surface area contributed by atoms with Gasteiger partial charge in [-0.3, -0.25) is 0 Å². The highest BCUT2D eigenvalue weighted by Gasteiger charge is 2.40. The number of nitrogens with zero attached hydrogens (tertiary/aromatic N) is 2. The molecule has 0 aliphatic carbocycles. The number of hydrogen-bond acceptors (Lipinski definition) is 5. The number of hydrogen-bond donors (Lipinski definition) is 1.